The van der Waals surface area contributed by atoms with Crippen molar-refractivity contribution in [3.63, 3.8) is 0 Å². The molecule has 15 heavy (non-hydrogen) atoms. The Balaban J connectivity index is 2.53. The van der Waals surface area contributed by atoms with Crippen LogP contribution in [0.25, 0.3) is 5.82 Å². The third kappa shape index (κ3) is 1.92. The first-order valence-corrected chi connectivity index (χ1v) is 4.77. The van der Waals surface area contributed by atoms with Gasteiger partial charge in [0.25, 0.3) is 0 Å². The normalized spacial score (nSPS) is 10.6. The van der Waals surface area contributed by atoms with Crippen LogP contribution in [0.4, 0.5) is 5.95 Å². The van der Waals surface area contributed by atoms with Gasteiger partial charge >= 0.3 is 0 Å². The molecule has 2 rings (SSSR count). The molecule has 0 fully saturated rings. The van der Waals surface area contributed by atoms with E-state index >= 15 is 0 Å². The van der Waals surface area contributed by atoms with Gasteiger partial charge < -0.3 is 5.73 Å². The van der Waals surface area contributed by atoms with Gasteiger partial charge in [0.2, 0.25) is 5.95 Å². The van der Waals surface area contributed by atoms with E-state index < -0.39 is 0 Å². The molecule has 0 aromatic carbocycles. The molecule has 0 atom stereocenters. The maximum atomic E-state index is 5.90. The highest BCUT2D eigenvalue weighted by Gasteiger charge is 2.06. The smallest absolute Gasteiger partial charge is 0.222 e. The summed E-state index contributed by atoms with van der Waals surface area (Å²) in [7, 11) is 0. The van der Waals surface area contributed by atoms with Crippen molar-refractivity contribution >= 4 is 17.5 Å². The zero-order chi connectivity index (χ0) is 11.0. The van der Waals surface area contributed by atoms with Crippen LogP contribution in [-0.2, 0) is 0 Å². The number of hydrogen-bond acceptors (Lipinski definition) is 4. The number of rotatable bonds is 1. The number of anilines is 1. The first kappa shape index (κ1) is 9.92. The number of nitrogens with zero attached hydrogens (tertiary/aromatic N) is 4. The average molecular weight is 224 g/mol. The maximum Gasteiger partial charge on any atom is 0.222 e. The van der Waals surface area contributed by atoms with E-state index in [4.69, 9.17) is 17.3 Å². The highest BCUT2D eigenvalue weighted by Crippen LogP contribution is 2.15. The molecule has 2 aromatic rings. The fourth-order valence-corrected chi connectivity index (χ4v) is 1.38. The van der Waals surface area contributed by atoms with Crippen molar-refractivity contribution < 1.29 is 0 Å². The average Bonchev–Trinajstić information content (AvgIpc) is 2.45. The van der Waals surface area contributed by atoms with E-state index in [1.54, 1.807) is 16.9 Å². The Bertz CT molecular complexity index is 465. The first-order valence-electron chi connectivity index (χ1n) is 4.39. The van der Waals surface area contributed by atoms with Crippen LogP contribution in [-0.4, -0.2) is 19.7 Å². The Morgan fingerprint density at radius 2 is 2.07 bits per heavy atom. The lowest BCUT2D eigenvalue weighted by Gasteiger charge is -2.02. The maximum absolute atomic E-state index is 5.90. The number of nitrogens with two attached hydrogens (primary N) is 1. The van der Waals surface area contributed by atoms with Crippen LogP contribution in [0.1, 0.15) is 11.4 Å². The van der Waals surface area contributed by atoms with Crippen LogP contribution in [0.3, 0.4) is 0 Å². The van der Waals surface area contributed by atoms with Gasteiger partial charge in [-0.05, 0) is 13.8 Å². The van der Waals surface area contributed by atoms with E-state index in [0.717, 1.165) is 11.4 Å². The third-order valence-corrected chi connectivity index (χ3v) is 2.30. The molecule has 5 nitrogen and oxygen atoms in total. The highest BCUT2D eigenvalue weighted by molar-refractivity contribution is 6.31. The minimum Gasteiger partial charge on any atom is -0.368 e. The van der Waals surface area contributed by atoms with Gasteiger partial charge in [-0.15, -0.1) is 0 Å². The summed E-state index contributed by atoms with van der Waals surface area (Å²) in [5.74, 6) is 0.851. The van der Waals surface area contributed by atoms with Crippen LogP contribution in [0.15, 0.2) is 12.3 Å². The lowest BCUT2D eigenvalue weighted by Crippen LogP contribution is -2.04. The minimum absolute atomic E-state index is 0.231. The van der Waals surface area contributed by atoms with Gasteiger partial charge in [-0.1, -0.05) is 11.6 Å². The third-order valence-electron chi connectivity index (χ3n) is 1.93. The molecule has 0 unspecified atom stereocenters. The molecule has 0 radical (unpaired) electrons. The van der Waals surface area contributed by atoms with Crippen molar-refractivity contribution in [1.29, 1.82) is 0 Å². The van der Waals surface area contributed by atoms with Crippen LogP contribution >= 0.6 is 11.6 Å². The molecule has 0 saturated heterocycles. The number of aromatic nitrogens is 4. The van der Waals surface area contributed by atoms with Crippen molar-refractivity contribution in [3.05, 3.63) is 28.7 Å². The molecule has 0 bridgehead atoms. The summed E-state index contributed by atoms with van der Waals surface area (Å²) in [6, 6.07) is 1.79. The highest BCUT2D eigenvalue weighted by atomic mass is 35.5. The van der Waals surface area contributed by atoms with Crippen LogP contribution in [0, 0.1) is 13.8 Å². The Morgan fingerprint density at radius 3 is 2.60 bits per heavy atom. The van der Waals surface area contributed by atoms with Crippen molar-refractivity contribution in [2.45, 2.75) is 13.8 Å². The monoisotopic (exact) mass is 223 g/mol. The summed E-state index contributed by atoms with van der Waals surface area (Å²) in [6.07, 6.45) is 1.69. The minimum atomic E-state index is 0.231. The second kappa shape index (κ2) is 3.51. The van der Waals surface area contributed by atoms with E-state index in [0.29, 0.717) is 10.8 Å². The first-order chi connectivity index (χ1) is 7.06. The van der Waals surface area contributed by atoms with Crippen LogP contribution in [0.5, 0.6) is 0 Å². The largest absolute Gasteiger partial charge is 0.368 e. The molecule has 0 aliphatic rings. The number of hydrogen-bond donors (Lipinski definition) is 1. The summed E-state index contributed by atoms with van der Waals surface area (Å²) in [5, 5.41) is 4.80. The van der Waals surface area contributed by atoms with Crippen molar-refractivity contribution in [2.75, 3.05) is 5.73 Å². The summed E-state index contributed by atoms with van der Waals surface area (Å²) in [5.41, 5.74) is 7.09. The standard InChI is InChI=1S/C9H10ClN5/c1-5-3-8(13-9(11)12-5)15-4-7(10)6(2)14-15/h3-4H,1-2H3,(H2,11,12,13). The van der Waals surface area contributed by atoms with Gasteiger partial charge in [-0.3, -0.25) is 0 Å². The van der Waals surface area contributed by atoms with E-state index in [1.807, 2.05) is 13.8 Å². The van der Waals surface area contributed by atoms with Crippen molar-refractivity contribution in [2.24, 2.45) is 0 Å². The Labute approximate surface area is 91.9 Å². The van der Waals surface area contributed by atoms with Gasteiger partial charge in [0.05, 0.1) is 16.9 Å². The quantitative estimate of drug-likeness (QED) is 0.796. The molecule has 0 spiro atoms. The predicted molar refractivity (Wildman–Crippen MR) is 58.1 cm³/mol. The molecule has 0 saturated carbocycles. The Kier molecular flexibility index (Phi) is 2.32. The lowest BCUT2D eigenvalue weighted by atomic mass is 10.4. The fourth-order valence-electron chi connectivity index (χ4n) is 1.25. The molecular formula is C9H10ClN5. The summed E-state index contributed by atoms with van der Waals surface area (Å²) in [4.78, 5) is 8.05. The molecule has 0 aliphatic carbocycles. The van der Waals surface area contributed by atoms with Gasteiger partial charge in [-0.25, -0.2) is 9.67 Å². The molecule has 2 aromatic heterocycles. The fraction of sp³-hybridized carbons (Fsp3) is 0.222. The SMILES string of the molecule is Cc1cc(-n2cc(Cl)c(C)n2)nc(N)n1. The predicted octanol–water partition coefficient (Wildman–Crippen LogP) is 1.51. The molecule has 0 aliphatic heterocycles. The Morgan fingerprint density at radius 1 is 1.33 bits per heavy atom. The van der Waals surface area contributed by atoms with E-state index in [9.17, 15) is 0 Å². The Hall–Kier alpha value is -1.62. The van der Waals surface area contributed by atoms with Gasteiger partial charge in [-0.2, -0.15) is 10.1 Å². The van der Waals surface area contributed by atoms with E-state index in [2.05, 4.69) is 15.1 Å². The number of aryl methyl sites for hydroxylation is 2. The lowest BCUT2D eigenvalue weighted by molar-refractivity contribution is 0.825. The van der Waals surface area contributed by atoms with Crippen molar-refractivity contribution in [3.8, 4) is 5.82 Å². The molecule has 6 heteroatoms. The van der Waals surface area contributed by atoms with Crippen molar-refractivity contribution in [1.82, 2.24) is 19.7 Å². The molecule has 0 amide bonds. The summed E-state index contributed by atoms with van der Waals surface area (Å²) in [6.45, 7) is 3.68. The molecule has 78 valence electrons. The van der Waals surface area contributed by atoms with Gasteiger partial charge in [0.15, 0.2) is 5.82 Å². The van der Waals surface area contributed by atoms with E-state index in [-0.39, 0.29) is 5.95 Å². The second-order valence-corrected chi connectivity index (χ2v) is 3.64. The van der Waals surface area contributed by atoms with Gasteiger partial charge in [0.1, 0.15) is 0 Å². The summed E-state index contributed by atoms with van der Waals surface area (Å²) >= 11 is 5.90. The molecular weight excluding hydrogens is 214 g/mol. The second-order valence-electron chi connectivity index (χ2n) is 3.23. The number of nitrogen functional groups attached to an aromatic ring is 1. The van der Waals surface area contributed by atoms with Crippen LogP contribution in [0.2, 0.25) is 5.02 Å². The van der Waals surface area contributed by atoms with E-state index in [1.165, 1.54) is 0 Å². The zero-order valence-corrected chi connectivity index (χ0v) is 9.15. The molecule has 2 heterocycles. The summed E-state index contributed by atoms with van der Waals surface area (Å²) < 4.78 is 1.59. The number of halogens is 1. The topological polar surface area (TPSA) is 69.6 Å². The van der Waals surface area contributed by atoms with Crippen LogP contribution < -0.4 is 5.73 Å². The molecule has 2 N–H and O–H groups in total. The zero-order valence-electron chi connectivity index (χ0n) is 8.40. The van der Waals surface area contributed by atoms with Gasteiger partial charge in [0, 0.05) is 11.8 Å².